The second-order valence-corrected chi connectivity index (χ2v) is 5.78. The van der Waals surface area contributed by atoms with E-state index in [-0.39, 0.29) is 11.7 Å². The second-order valence-electron chi connectivity index (χ2n) is 5.78. The summed E-state index contributed by atoms with van der Waals surface area (Å²) in [6, 6.07) is 9.67. The number of hydrogen-bond acceptors (Lipinski definition) is 2. The summed E-state index contributed by atoms with van der Waals surface area (Å²) in [5.41, 5.74) is 0.846. The van der Waals surface area contributed by atoms with Crippen LogP contribution in [0.4, 0.5) is 0 Å². The molecule has 2 nitrogen and oxygen atoms in total. The highest BCUT2D eigenvalue weighted by molar-refractivity contribution is 5.97. The lowest BCUT2D eigenvalue weighted by molar-refractivity contribution is 0.0869. The standard InChI is InChI=1S/C17H25NO/c1-3-15-9-11-18(12-10-15)13-14(2)17(19)16-7-5-4-6-8-16/h4-8,14-15H,3,9-13H2,1-2H3. The van der Waals surface area contributed by atoms with E-state index in [4.69, 9.17) is 0 Å². The number of likely N-dealkylation sites (tertiary alicyclic amines) is 1. The van der Waals surface area contributed by atoms with Gasteiger partial charge in [-0.05, 0) is 31.8 Å². The van der Waals surface area contributed by atoms with Gasteiger partial charge >= 0.3 is 0 Å². The fraction of sp³-hybridized carbons (Fsp3) is 0.588. The molecule has 1 aromatic carbocycles. The Balaban J connectivity index is 1.84. The van der Waals surface area contributed by atoms with Crippen molar-refractivity contribution in [1.29, 1.82) is 0 Å². The van der Waals surface area contributed by atoms with Crippen LogP contribution >= 0.6 is 0 Å². The van der Waals surface area contributed by atoms with Crippen molar-refractivity contribution in [1.82, 2.24) is 4.90 Å². The SMILES string of the molecule is CCC1CCN(CC(C)C(=O)c2ccccc2)CC1. The van der Waals surface area contributed by atoms with E-state index in [1.165, 1.54) is 19.3 Å². The second kappa shape index (κ2) is 6.85. The highest BCUT2D eigenvalue weighted by Gasteiger charge is 2.22. The minimum Gasteiger partial charge on any atom is -0.303 e. The average molecular weight is 259 g/mol. The summed E-state index contributed by atoms with van der Waals surface area (Å²) in [6.07, 6.45) is 3.89. The van der Waals surface area contributed by atoms with Gasteiger partial charge in [0.05, 0.1) is 0 Å². The van der Waals surface area contributed by atoms with Crippen molar-refractivity contribution < 1.29 is 4.79 Å². The minimum absolute atomic E-state index is 0.0978. The molecule has 0 amide bonds. The van der Waals surface area contributed by atoms with Crippen LogP contribution in [0.15, 0.2) is 30.3 Å². The molecule has 19 heavy (non-hydrogen) atoms. The van der Waals surface area contributed by atoms with Crippen molar-refractivity contribution in [2.24, 2.45) is 11.8 Å². The summed E-state index contributed by atoms with van der Waals surface area (Å²) in [4.78, 5) is 14.8. The van der Waals surface area contributed by atoms with Crippen molar-refractivity contribution in [3.05, 3.63) is 35.9 Å². The lowest BCUT2D eigenvalue weighted by Gasteiger charge is -2.32. The third-order valence-electron chi connectivity index (χ3n) is 4.32. The molecule has 1 heterocycles. The monoisotopic (exact) mass is 259 g/mol. The van der Waals surface area contributed by atoms with Gasteiger partial charge in [-0.3, -0.25) is 4.79 Å². The van der Waals surface area contributed by atoms with E-state index in [1.54, 1.807) is 0 Å². The van der Waals surface area contributed by atoms with Crippen LogP contribution < -0.4 is 0 Å². The number of carbonyl (C=O) groups is 1. The smallest absolute Gasteiger partial charge is 0.166 e. The lowest BCUT2D eigenvalue weighted by atomic mass is 9.93. The molecule has 0 saturated carbocycles. The average Bonchev–Trinajstić information content (AvgIpc) is 2.48. The summed E-state index contributed by atoms with van der Waals surface area (Å²) in [6.45, 7) is 7.56. The Labute approximate surface area is 116 Å². The molecule has 0 bridgehead atoms. The lowest BCUT2D eigenvalue weighted by Crippen LogP contribution is -2.38. The Morgan fingerprint density at radius 1 is 1.26 bits per heavy atom. The number of benzene rings is 1. The molecule has 1 aliphatic heterocycles. The van der Waals surface area contributed by atoms with Gasteiger partial charge in [0.25, 0.3) is 0 Å². The molecule has 2 heteroatoms. The maximum Gasteiger partial charge on any atom is 0.166 e. The highest BCUT2D eigenvalue weighted by Crippen LogP contribution is 2.21. The van der Waals surface area contributed by atoms with Crippen LogP contribution in [0.25, 0.3) is 0 Å². The predicted molar refractivity (Wildman–Crippen MR) is 79.4 cm³/mol. The minimum atomic E-state index is 0.0978. The molecule has 0 radical (unpaired) electrons. The summed E-state index contributed by atoms with van der Waals surface area (Å²) in [5.74, 6) is 1.27. The molecular weight excluding hydrogens is 234 g/mol. The first-order chi connectivity index (χ1) is 9.20. The topological polar surface area (TPSA) is 20.3 Å². The molecule has 1 aliphatic rings. The molecule has 1 unspecified atom stereocenters. The van der Waals surface area contributed by atoms with Crippen LogP contribution in [0.3, 0.4) is 0 Å². The van der Waals surface area contributed by atoms with Crippen LogP contribution in [0.5, 0.6) is 0 Å². The van der Waals surface area contributed by atoms with E-state index in [0.29, 0.717) is 0 Å². The van der Waals surface area contributed by atoms with Gasteiger partial charge < -0.3 is 4.90 Å². The zero-order valence-electron chi connectivity index (χ0n) is 12.1. The van der Waals surface area contributed by atoms with Gasteiger partial charge in [0.1, 0.15) is 0 Å². The van der Waals surface area contributed by atoms with Gasteiger partial charge in [-0.1, -0.05) is 50.6 Å². The molecule has 0 aromatic heterocycles. The Morgan fingerprint density at radius 2 is 1.89 bits per heavy atom. The van der Waals surface area contributed by atoms with Crippen LogP contribution in [-0.2, 0) is 0 Å². The molecule has 0 aliphatic carbocycles. The number of carbonyl (C=O) groups excluding carboxylic acids is 1. The fourth-order valence-corrected chi connectivity index (χ4v) is 2.93. The van der Waals surface area contributed by atoms with Gasteiger partial charge in [-0.2, -0.15) is 0 Å². The van der Waals surface area contributed by atoms with E-state index in [9.17, 15) is 4.79 Å². The number of Topliss-reactive ketones (excluding diaryl/α,β-unsaturated/α-hetero) is 1. The third kappa shape index (κ3) is 3.90. The van der Waals surface area contributed by atoms with Crippen molar-refractivity contribution in [2.45, 2.75) is 33.1 Å². The molecule has 0 N–H and O–H groups in total. The summed E-state index contributed by atoms with van der Waals surface area (Å²) >= 11 is 0. The zero-order chi connectivity index (χ0) is 13.7. The van der Waals surface area contributed by atoms with Gasteiger partial charge in [-0.15, -0.1) is 0 Å². The number of ketones is 1. The van der Waals surface area contributed by atoms with Crippen molar-refractivity contribution in [3.8, 4) is 0 Å². The summed E-state index contributed by atoms with van der Waals surface area (Å²) < 4.78 is 0. The van der Waals surface area contributed by atoms with Crippen LogP contribution in [0, 0.1) is 11.8 Å². The van der Waals surface area contributed by atoms with E-state index in [2.05, 4.69) is 18.7 Å². The van der Waals surface area contributed by atoms with Gasteiger partial charge in [-0.25, -0.2) is 0 Å². The Morgan fingerprint density at radius 3 is 2.47 bits per heavy atom. The van der Waals surface area contributed by atoms with E-state index in [0.717, 1.165) is 31.1 Å². The van der Waals surface area contributed by atoms with Crippen molar-refractivity contribution in [3.63, 3.8) is 0 Å². The quantitative estimate of drug-likeness (QED) is 0.753. The first-order valence-electron chi connectivity index (χ1n) is 7.52. The molecule has 1 saturated heterocycles. The number of rotatable bonds is 5. The summed E-state index contributed by atoms with van der Waals surface area (Å²) in [5, 5.41) is 0. The molecule has 104 valence electrons. The van der Waals surface area contributed by atoms with Crippen molar-refractivity contribution in [2.75, 3.05) is 19.6 Å². The highest BCUT2D eigenvalue weighted by atomic mass is 16.1. The zero-order valence-corrected chi connectivity index (χ0v) is 12.1. The molecule has 2 rings (SSSR count). The van der Waals surface area contributed by atoms with E-state index >= 15 is 0 Å². The maximum absolute atomic E-state index is 12.3. The van der Waals surface area contributed by atoms with Gasteiger partial charge in [0.2, 0.25) is 0 Å². The summed E-state index contributed by atoms with van der Waals surface area (Å²) in [7, 11) is 0. The first-order valence-corrected chi connectivity index (χ1v) is 7.52. The largest absolute Gasteiger partial charge is 0.303 e. The molecular formula is C17H25NO. The molecule has 1 aromatic rings. The normalized spacial score (nSPS) is 19.3. The predicted octanol–water partition coefficient (Wildman–Crippen LogP) is 3.63. The Kier molecular flexibility index (Phi) is 5.15. The van der Waals surface area contributed by atoms with E-state index in [1.807, 2.05) is 30.3 Å². The first kappa shape index (κ1) is 14.3. The van der Waals surface area contributed by atoms with Gasteiger partial charge in [0, 0.05) is 18.0 Å². The Hall–Kier alpha value is -1.15. The Bertz CT molecular complexity index is 393. The number of nitrogens with zero attached hydrogens (tertiary/aromatic N) is 1. The van der Waals surface area contributed by atoms with Crippen LogP contribution in [0.1, 0.15) is 43.5 Å². The number of hydrogen-bond donors (Lipinski definition) is 0. The number of piperidine rings is 1. The fourth-order valence-electron chi connectivity index (χ4n) is 2.93. The van der Waals surface area contributed by atoms with Crippen LogP contribution in [0.2, 0.25) is 0 Å². The van der Waals surface area contributed by atoms with Gasteiger partial charge in [0.15, 0.2) is 5.78 Å². The maximum atomic E-state index is 12.3. The third-order valence-corrected chi connectivity index (χ3v) is 4.32. The van der Waals surface area contributed by atoms with Crippen molar-refractivity contribution >= 4 is 5.78 Å². The molecule has 1 fully saturated rings. The van der Waals surface area contributed by atoms with E-state index < -0.39 is 0 Å². The molecule has 0 spiro atoms. The molecule has 1 atom stereocenters. The van der Waals surface area contributed by atoms with Crippen LogP contribution in [-0.4, -0.2) is 30.3 Å².